The lowest BCUT2D eigenvalue weighted by Crippen LogP contribution is -2.57. The van der Waals surface area contributed by atoms with Crippen molar-refractivity contribution in [1.29, 1.82) is 0 Å². The van der Waals surface area contributed by atoms with Crippen LogP contribution in [0, 0.1) is 29.4 Å². The minimum absolute atomic E-state index is 0.0732. The van der Waals surface area contributed by atoms with Crippen molar-refractivity contribution >= 4 is 39.6 Å². The maximum Gasteiger partial charge on any atom is 0.413 e. The Labute approximate surface area is 334 Å². The van der Waals surface area contributed by atoms with Gasteiger partial charge in [0, 0.05) is 55.0 Å². The molecule has 3 unspecified atom stereocenters. The first-order chi connectivity index (χ1) is 27.7. The number of carbonyl (C=O) groups is 2. The molecule has 1 N–H and O–H groups in total. The molecule has 4 aliphatic rings. The van der Waals surface area contributed by atoms with Crippen LogP contribution in [-0.2, 0) is 14.3 Å². The smallest absolute Gasteiger partial charge is 0.413 e. The minimum Gasteiger partial charge on any atom is -0.508 e. The first-order valence-corrected chi connectivity index (χ1v) is 19.9. The Balaban J connectivity index is 1.16. The van der Waals surface area contributed by atoms with Crippen LogP contribution in [0.1, 0.15) is 78.2 Å². The van der Waals surface area contributed by atoms with Crippen molar-refractivity contribution < 1.29 is 42.1 Å². The largest absolute Gasteiger partial charge is 0.508 e. The number of rotatable bonds is 9. The molecule has 306 valence electrons. The number of halogens is 3. The van der Waals surface area contributed by atoms with Crippen LogP contribution in [-0.4, -0.2) is 105 Å². The number of nitrogens with zero attached hydrogens (tertiary/aromatic N) is 6. The second-order valence-electron chi connectivity index (χ2n) is 17.1. The van der Waals surface area contributed by atoms with Crippen molar-refractivity contribution in [3.63, 3.8) is 0 Å². The monoisotopic (exact) mass is 800 g/mol. The molecule has 0 aliphatic carbocycles. The molecule has 12 nitrogen and oxygen atoms in total. The lowest BCUT2D eigenvalue weighted by Gasteiger charge is -2.42. The number of fused-ring (bicyclic) bond motifs is 5. The zero-order valence-electron chi connectivity index (χ0n) is 33.1. The number of carbonyl (C=O) groups excluding carboxylic acids is 2. The third kappa shape index (κ3) is 7.09. The normalized spacial score (nSPS) is 23.6. The summed E-state index contributed by atoms with van der Waals surface area (Å²) in [6, 6.07) is 4.58. The summed E-state index contributed by atoms with van der Waals surface area (Å²) in [7, 11) is 0. The molecule has 0 spiro atoms. The molecule has 2 aromatic heterocycles. The van der Waals surface area contributed by atoms with Crippen LogP contribution in [0.5, 0.6) is 11.8 Å². The topological polar surface area (TPSA) is 130 Å². The summed E-state index contributed by atoms with van der Waals surface area (Å²) < 4.78 is 64.6. The number of aromatic hydroxyl groups is 1. The molecule has 2 bridgehead atoms. The van der Waals surface area contributed by atoms with E-state index < -0.39 is 47.1 Å². The quantitative estimate of drug-likeness (QED) is 0.104. The molecule has 15 heteroatoms. The van der Waals surface area contributed by atoms with E-state index in [9.17, 15) is 19.1 Å². The van der Waals surface area contributed by atoms with Gasteiger partial charge in [0.2, 0.25) is 0 Å². The molecule has 6 heterocycles. The van der Waals surface area contributed by atoms with Gasteiger partial charge in [-0.05, 0) is 62.2 Å². The molecular formula is C43H47F3N6O6. The first kappa shape index (κ1) is 39.5. The molecule has 4 fully saturated rings. The molecule has 4 saturated heterocycles. The third-order valence-corrected chi connectivity index (χ3v) is 11.9. The van der Waals surface area contributed by atoms with Gasteiger partial charge in [0.15, 0.2) is 5.82 Å². The maximum atomic E-state index is 17.2. The van der Waals surface area contributed by atoms with Gasteiger partial charge in [0.05, 0.1) is 28.6 Å². The summed E-state index contributed by atoms with van der Waals surface area (Å²) in [6.07, 6.45) is 8.56. The van der Waals surface area contributed by atoms with E-state index in [2.05, 4.69) is 20.8 Å². The van der Waals surface area contributed by atoms with Crippen molar-refractivity contribution in [2.45, 2.75) is 103 Å². The number of ether oxygens (including phenoxy) is 3. The van der Waals surface area contributed by atoms with E-state index >= 15 is 8.78 Å². The Hall–Kier alpha value is -5.36. The lowest BCUT2D eigenvalue weighted by atomic mass is 9.95. The Bertz CT molecular complexity index is 2320. The molecule has 4 aromatic rings. The minimum atomic E-state index is -1.09. The van der Waals surface area contributed by atoms with E-state index in [1.807, 2.05) is 32.6 Å². The highest BCUT2D eigenvalue weighted by Crippen LogP contribution is 2.43. The molecule has 58 heavy (non-hydrogen) atoms. The highest BCUT2D eigenvalue weighted by atomic mass is 19.1. The van der Waals surface area contributed by atoms with Crippen molar-refractivity contribution in [2.24, 2.45) is 5.41 Å². The fourth-order valence-electron chi connectivity index (χ4n) is 9.20. The molecule has 0 saturated carbocycles. The van der Waals surface area contributed by atoms with E-state index in [-0.39, 0.29) is 70.0 Å². The first-order valence-electron chi connectivity index (χ1n) is 19.9. The Morgan fingerprint density at radius 3 is 2.57 bits per heavy atom. The molecule has 0 radical (unpaired) electrons. The highest BCUT2D eigenvalue weighted by molar-refractivity contribution is 6.03. The number of esters is 1. The van der Waals surface area contributed by atoms with Gasteiger partial charge in [-0.3, -0.25) is 19.6 Å². The highest BCUT2D eigenvalue weighted by Gasteiger charge is 2.50. The van der Waals surface area contributed by atoms with Crippen LogP contribution >= 0.6 is 0 Å². The molecule has 2 aromatic carbocycles. The number of benzene rings is 2. The van der Waals surface area contributed by atoms with E-state index in [1.165, 1.54) is 30.5 Å². The maximum absolute atomic E-state index is 17.2. The van der Waals surface area contributed by atoms with Crippen molar-refractivity contribution in [3.05, 3.63) is 47.7 Å². The number of terminal acetylenes is 1. The summed E-state index contributed by atoms with van der Waals surface area (Å²) >= 11 is 0. The van der Waals surface area contributed by atoms with Crippen LogP contribution in [0.3, 0.4) is 0 Å². The predicted octanol–water partition coefficient (Wildman–Crippen LogP) is 7.27. The summed E-state index contributed by atoms with van der Waals surface area (Å²) in [5.74, 6) is 0.488. The number of hydrogen-bond acceptors (Lipinski definition) is 11. The van der Waals surface area contributed by atoms with Crippen molar-refractivity contribution in [3.8, 4) is 35.4 Å². The van der Waals surface area contributed by atoms with E-state index in [0.717, 1.165) is 19.4 Å². The zero-order valence-corrected chi connectivity index (χ0v) is 33.1. The summed E-state index contributed by atoms with van der Waals surface area (Å²) in [5.41, 5.74) is -1.59. The summed E-state index contributed by atoms with van der Waals surface area (Å²) in [4.78, 5) is 45.9. The average Bonchev–Trinajstić information content (AvgIpc) is 3.79. The van der Waals surface area contributed by atoms with Gasteiger partial charge < -0.3 is 24.2 Å². The zero-order chi connectivity index (χ0) is 41.1. The van der Waals surface area contributed by atoms with Gasteiger partial charge in [0.25, 0.3) is 6.29 Å². The second kappa shape index (κ2) is 15.1. The van der Waals surface area contributed by atoms with Crippen LogP contribution < -0.4 is 9.64 Å². The van der Waals surface area contributed by atoms with Crippen LogP contribution in [0.25, 0.3) is 32.9 Å². The van der Waals surface area contributed by atoms with Gasteiger partial charge in [-0.1, -0.05) is 39.7 Å². The van der Waals surface area contributed by atoms with E-state index in [4.69, 9.17) is 25.6 Å². The number of hydrogen-bond donors (Lipinski definition) is 1. The molecule has 1 amide bonds. The Kier molecular flexibility index (Phi) is 10.3. The van der Waals surface area contributed by atoms with E-state index in [0.29, 0.717) is 56.5 Å². The van der Waals surface area contributed by atoms with Crippen molar-refractivity contribution in [2.75, 3.05) is 37.7 Å². The SMILES string of the molecule is C#Cc1c(F)ccc2cc(O)cc(-c3ncc4c(N5CC6CCC(C5)N6C(=O)OC(OC(=O)CCC)C(C)(C)C)nc(OC[C@@]56CCCN5C[C@H](F)C6)nc4c3F)c12. The number of amides is 1. The summed E-state index contributed by atoms with van der Waals surface area (Å²) in [6.45, 7) is 9.14. The molecule has 5 atom stereocenters. The molecule has 4 aliphatic heterocycles. The Morgan fingerprint density at radius 1 is 1.10 bits per heavy atom. The number of alkyl halides is 1. The van der Waals surface area contributed by atoms with E-state index in [1.54, 1.807) is 4.90 Å². The number of anilines is 1. The van der Waals surface area contributed by atoms with Gasteiger partial charge >= 0.3 is 18.1 Å². The van der Waals surface area contributed by atoms with Crippen molar-refractivity contribution in [1.82, 2.24) is 24.8 Å². The lowest BCUT2D eigenvalue weighted by molar-refractivity contribution is -0.189. The number of phenolic OH excluding ortho intramolecular Hbond substituents is 1. The predicted molar refractivity (Wildman–Crippen MR) is 210 cm³/mol. The second-order valence-corrected chi connectivity index (χ2v) is 17.1. The molecule has 8 rings (SSSR count). The van der Waals surface area contributed by atoms with Gasteiger partial charge in [-0.2, -0.15) is 9.97 Å². The number of aromatic nitrogens is 3. The fraction of sp³-hybridized carbons (Fsp3) is 0.512. The standard InChI is InChI=1S/C43H47F3N6O6/c1-6-9-33(54)57-39(42(3,4)5)58-41(55)52-26-11-12-27(52)22-50(21-26)38-31-19-47-36(30-17-28(53)16-24-10-13-32(45)29(7-2)34(24)30)35(46)37(31)48-40(49-38)56-23-43-14-8-15-51(43)20-25(44)18-43/h2,10,13,16-17,19,25-27,39,53H,6,8-9,11-12,14-15,18,20-23H2,1,3-5H3/t25-,26?,27?,39?,43+/m1/s1. The molecular weight excluding hydrogens is 754 g/mol. The number of piperazine rings is 1. The summed E-state index contributed by atoms with van der Waals surface area (Å²) in [5, 5.41) is 11.5. The third-order valence-electron chi connectivity index (χ3n) is 11.9. The van der Waals surface area contributed by atoms with Gasteiger partial charge in [0.1, 0.15) is 41.4 Å². The van der Waals surface area contributed by atoms with Gasteiger partial charge in [-0.25, -0.2) is 18.0 Å². The van der Waals surface area contributed by atoms with Crippen LogP contribution in [0.2, 0.25) is 0 Å². The van der Waals surface area contributed by atoms with Crippen LogP contribution in [0.4, 0.5) is 23.8 Å². The fourth-order valence-corrected chi connectivity index (χ4v) is 9.20. The number of phenols is 1. The van der Waals surface area contributed by atoms with Gasteiger partial charge in [-0.15, -0.1) is 6.42 Å². The van der Waals surface area contributed by atoms with Crippen LogP contribution in [0.15, 0.2) is 30.5 Å². The number of pyridine rings is 1. The average molecular weight is 801 g/mol. The Morgan fingerprint density at radius 2 is 1.86 bits per heavy atom.